The summed E-state index contributed by atoms with van der Waals surface area (Å²) in [6, 6.07) is 4.44. The lowest BCUT2D eigenvalue weighted by Crippen LogP contribution is -2.50. The fourth-order valence-corrected chi connectivity index (χ4v) is 2.48. The van der Waals surface area contributed by atoms with Crippen LogP contribution < -0.4 is 4.90 Å². The van der Waals surface area contributed by atoms with Crippen LogP contribution in [0.4, 0.5) is 5.82 Å². The minimum Gasteiger partial charge on any atom is -0.354 e. The molecule has 1 fully saturated rings. The van der Waals surface area contributed by atoms with E-state index in [1.807, 2.05) is 13.0 Å². The number of piperazine rings is 1. The van der Waals surface area contributed by atoms with Gasteiger partial charge in [0.25, 0.3) is 0 Å². The van der Waals surface area contributed by atoms with Crippen LogP contribution in [0.1, 0.15) is 25.6 Å². The summed E-state index contributed by atoms with van der Waals surface area (Å²) in [7, 11) is 0. The van der Waals surface area contributed by atoms with Crippen LogP contribution in [0.15, 0.2) is 12.3 Å². The summed E-state index contributed by atoms with van der Waals surface area (Å²) in [5.74, 6) is 1.80. The van der Waals surface area contributed by atoms with E-state index >= 15 is 0 Å². The van der Waals surface area contributed by atoms with Crippen molar-refractivity contribution in [3.63, 3.8) is 0 Å². The number of hydrogen-bond donors (Lipinski definition) is 0. The molecule has 1 aromatic rings. The second kappa shape index (κ2) is 6.48. The number of aromatic nitrogens is 2. The molecule has 0 amide bonds. The van der Waals surface area contributed by atoms with Gasteiger partial charge in [0, 0.05) is 32.4 Å². The molecule has 0 bridgehead atoms. The molecule has 0 saturated carbocycles. The second-order valence-corrected chi connectivity index (χ2v) is 4.92. The van der Waals surface area contributed by atoms with Crippen LogP contribution in [0.5, 0.6) is 0 Å². The van der Waals surface area contributed by atoms with Crippen LogP contribution in [0.25, 0.3) is 0 Å². The van der Waals surface area contributed by atoms with Crippen molar-refractivity contribution < 1.29 is 0 Å². The minimum absolute atomic E-state index is 0.0688. The molecule has 1 aliphatic rings. The fraction of sp³-hybridized carbons (Fsp3) is 0.643. The molecule has 5 heteroatoms. The van der Waals surface area contributed by atoms with Crippen molar-refractivity contribution in [2.45, 2.75) is 32.7 Å². The molecule has 0 aromatic carbocycles. The van der Waals surface area contributed by atoms with Crippen molar-refractivity contribution in [3.8, 4) is 6.07 Å². The van der Waals surface area contributed by atoms with Crippen LogP contribution in [-0.4, -0.2) is 47.1 Å². The molecule has 5 nitrogen and oxygen atoms in total. The van der Waals surface area contributed by atoms with E-state index in [-0.39, 0.29) is 6.04 Å². The highest BCUT2D eigenvalue weighted by Crippen LogP contribution is 2.15. The molecule has 1 atom stereocenters. The Morgan fingerprint density at radius 1 is 1.37 bits per heavy atom. The number of nitrogens with zero attached hydrogens (tertiary/aromatic N) is 5. The van der Waals surface area contributed by atoms with E-state index in [0.29, 0.717) is 0 Å². The Bertz CT molecular complexity index is 445. The zero-order chi connectivity index (χ0) is 13.7. The largest absolute Gasteiger partial charge is 0.354 e. The zero-order valence-electron chi connectivity index (χ0n) is 11.7. The molecule has 0 spiro atoms. The summed E-state index contributed by atoms with van der Waals surface area (Å²) in [5.41, 5.74) is 0. The Morgan fingerprint density at radius 2 is 2.11 bits per heavy atom. The smallest absolute Gasteiger partial charge is 0.132 e. The van der Waals surface area contributed by atoms with E-state index < -0.39 is 0 Å². The molecule has 2 rings (SSSR count). The van der Waals surface area contributed by atoms with Crippen molar-refractivity contribution in [2.75, 3.05) is 31.1 Å². The van der Waals surface area contributed by atoms with Gasteiger partial charge in [-0.1, -0.05) is 13.3 Å². The molecule has 1 unspecified atom stereocenters. The third-order valence-electron chi connectivity index (χ3n) is 3.55. The molecule has 0 aliphatic carbocycles. The fourth-order valence-electron chi connectivity index (χ4n) is 2.48. The van der Waals surface area contributed by atoms with E-state index in [9.17, 15) is 5.26 Å². The van der Waals surface area contributed by atoms with Gasteiger partial charge in [0.2, 0.25) is 0 Å². The van der Waals surface area contributed by atoms with E-state index in [4.69, 9.17) is 0 Å². The van der Waals surface area contributed by atoms with Gasteiger partial charge in [0.1, 0.15) is 11.6 Å². The Morgan fingerprint density at radius 3 is 2.68 bits per heavy atom. The van der Waals surface area contributed by atoms with Gasteiger partial charge in [-0.2, -0.15) is 5.26 Å². The van der Waals surface area contributed by atoms with Crippen LogP contribution in [0, 0.1) is 18.3 Å². The first-order chi connectivity index (χ1) is 9.24. The predicted octanol–water partition coefficient (Wildman–Crippen LogP) is 1.60. The minimum atomic E-state index is 0.0688. The molecule has 1 aromatic heterocycles. The third-order valence-corrected chi connectivity index (χ3v) is 3.55. The van der Waals surface area contributed by atoms with Crippen LogP contribution in [0.3, 0.4) is 0 Å². The first-order valence-corrected chi connectivity index (χ1v) is 6.93. The van der Waals surface area contributed by atoms with Crippen molar-refractivity contribution in [1.29, 1.82) is 5.26 Å². The first kappa shape index (κ1) is 13.8. The second-order valence-electron chi connectivity index (χ2n) is 4.92. The van der Waals surface area contributed by atoms with Gasteiger partial charge < -0.3 is 4.90 Å². The number of rotatable bonds is 4. The van der Waals surface area contributed by atoms with Crippen molar-refractivity contribution in [1.82, 2.24) is 14.9 Å². The van der Waals surface area contributed by atoms with Crippen LogP contribution in [-0.2, 0) is 0 Å². The van der Waals surface area contributed by atoms with Crippen LogP contribution >= 0.6 is 0 Å². The van der Waals surface area contributed by atoms with E-state index in [2.05, 4.69) is 32.8 Å². The number of aryl methyl sites for hydroxylation is 1. The molecule has 0 radical (unpaired) electrons. The van der Waals surface area contributed by atoms with Gasteiger partial charge in [0.15, 0.2) is 0 Å². The van der Waals surface area contributed by atoms with E-state index in [1.54, 1.807) is 6.20 Å². The van der Waals surface area contributed by atoms with Crippen molar-refractivity contribution in [2.24, 2.45) is 0 Å². The number of nitriles is 1. The predicted molar refractivity (Wildman–Crippen MR) is 74.9 cm³/mol. The highest BCUT2D eigenvalue weighted by atomic mass is 15.3. The van der Waals surface area contributed by atoms with Gasteiger partial charge >= 0.3 is 0 Å². The maximum Gasteiger partial charge on any atom is 0.132 e. The third kappa shape index (κ3) is 3.42. The molecule has 1 aliphatic heterocycles. The summed E-state index contributed by atoms with van der Waals surface area (Å²) in [6.45, 7) is 7.76. The monoisotopic (exact) mass is 259 g/mol. The van der Waals surface area contributed by atoms with Gasteiger partial charge in [-0.05, 0) is 19.4 Å². The average molecular weight is 259 g/mol. The SMILES string of the molecule is CCCC(C#N)N1CCN(c2ccnc(C)n2)CC1. The summed E-state index contributed by atoms with van der Waals surface area (Å²) in [5, 5.41) is 9.20. The van der Waals surface area contributed by atoms with Crippen LogP contribution in [0.2, 0.25) is 0 Å². The molecule has 1 saturated heterocycles. The maximum atomic E-state index is 9.20. The Hall–Kier alpha value is -1.67. The van der Waals surface area contributed by atoms with Gasteiger partial charge in [-0.25, -0.2) is 9.97 Å². The lowest BCUT2D eigenvalue weighted by Gasteiger charge is -2.37. The summed E-state index contributed by atoms with van der Waals surface area (Å²) in [6.07, 6.45) is 3.83. The summed E-state index contributed by atoms with van der Waals surface area (Å²) >= 11 is 0. The molecule has 0 N–H and O–H groups in total. The molecular formula is C14H21N5. The van der Waals surface area contributed by atoms with Gasteiger partial charge in [-0.3, -0.25) is 4.90 Å². The summed E-state index contributed by atoms with van der Waals surface area (Å²) in [4.78, 5) is 13.1. The van der Waals surface area contributed by atoms with Gasteiger partial charge in [-0.15, -0.1) is 0 Å². The number of anilines is 1. The Kier molecular flexibility index (Phi) is 4.69. The standard InChI is InChI=1S/C14H21N5/c1-3-4-13(11-15)18-7-9-19(10-8-18)14-5-6-16-12(2)17-14/h5-6,13H,3-4,7-10H2,1-2H3. The highest BCUT2D eigenvalue weighted by Gasteiger charge is 2.23. The first-order valence-electron chi connectivity index (χ1n) is 6.93. The van der Waals surface area contributed by atoms with Crippen molar-refractivity contribution in [3.05, 3.63) is 18.1 Å². The van der Waals surface area contributed by atoms with E-state index in [1.165, 1.54) is 0 Å². The maximum absolute atomic E-state index is 9.20. The van der Waals surface area contributed by atoms with E-state index in [0.717, 1.165) is 50.7 Å². The number of hydrogen-bond acceptors (Lipinski definition) is 5. The lowest BCUT2D eigenvalue weighted by molar-refractivity contribution is 0.211. The van der Waals surface area contributed by atoms with Crippen molar-refractivity contribution >= 4 is 5.82 Å². The zero-order valence-corrected chi connectivity index (χ0v) is 11.7. The average Bonchev–Trinajstić information content (AvgIpc) is 2.45. The molecule has 102 valence electrons. The van der Waals surface area contributed by atoms with Gasteiger partial charge in [0.05, 0.1) is 12.1 Å². The quantitative estimate of drug-likeness (QED) is 0.822. The Labute approximate surface area is 114 Å². The summed E-state index contributed by atoms with van der Waals surface area (Å²) < 4.78 is 0. The lowest BCUT2D eigenvalue weighted by atomic mass is 10.1. The Balaban J connectivity index is 1.94. The molecule has 2 heterocycles. The molecular weight excluding hydrogens is 238 g/mol. The normalized spacial score (nSPS) is 18.1. The highest BCUT2D eigenvalue weighted by molar-refractivity contribution is 5.38. The topological polar surface area (TPSA) is 56.1 Å². The molecule has 19 heavy (non-hydrogen) atoms.